The Kier molecular flexibility index (Phi) is 3.71. The summed E-state index contributed by atoms with van der Waals surface area (Å²) < 4.78 is 0.913. The first-order valence-electron chi connectivity index (χ1n) is 6.25. The average molecular weight is 339 g/mol. The van der Waals surface area contributed by atoms with Crippen LogP contribution >= 0.6 is 27.5 Å². The van der Waals surface area contributed by atoms with Gasteiger partial charge in [0.25, 0.3) is 0 Å². The average Bonchev–Trinajstić information content (AvgIpc) is 2.43. The Balaban J connectivity index is 1.90. The minimum atomic E-state index is 0.207. The number of aromatic nitrogens is 2. The van der Waals surface area contributed by atoms with Crippen LogP contribution in [0, 0.1) is 0 Å². The van der Waals surface area contributed by atoms with Crippen molar-refractivity contribution in [2.45, 2.75) is 25.3 Å². The molecule has 5 heteroatoms. The Bertz CT molecular complexity index is 603. The molecule has 0 radical (unpaired) electrons. The Labute approximate surface area is 125 Å². The third-order valence-corrected chi connectivity index (χ3v) is 4.07. The molecule has 3 rings (SSSR count). The standard InChI is InChI=1S/C14H13BrClN3/c15-10-7-12(14(16)18-8-10)19-11-5-1-3-9-4-2-6-17-13(9)11/h2,4,6-8,11,19H,1,3,5H2. The third kappa shape index (κ3) is 2.74. The van der Waals surface area contributed by atoms with Crippen LogP contribution in [0.5, 0.6) is 0 Å². The molecule has 98 valence electrons. The summed E-state index contributed by atoms with van der Waals surface area (Å²) in [7, 11) is 0. The number of nitrogens with one attached hydrogen (secondary N) is 1. The molecular formula is C14H13BrClN3. The maximum absolute atomic E-state index is 6.13. The van der Waals surface area contributed by atoms with Gasteiger partial charge in [0.1, 0.15) is 0 Å². The second kappa shape index (κ2) is 5.47. The minimum absolute atomic E-state index is 0.207. The molecule has 1 atom stereocenters. The zero-order valence-corrected chi connectivity index (χ0v) is 12.6. The van der Waals surface area contributed by atoms with Crippen LogP contribution in [-0.2, 0) is 6.42 Å². The highest BCUT2D eigenvalue weighted by Crippen LogP contribution is 2.33. The molecule has 1 aliphatic rings. The van der Waals surface area contributed by atoms with Gasteiger partial charge >= 0.3 is 0 Å². The van der Waals surface area contributed by atoms with Crippen molar-refractivity contribution < 1.29 is 0 Å². The van der Waals surface area contributed by atoms with Crippen molar-refractivity contribution in [1.82, 2.24) is 9.97 Å². The predicted octanol–water partition coefficient (Wildman–Crippen LogP) is 4.38. The normalized spacial score (nSPS) is 17.9. The summed E-state index contributed by atoms with van der Waals surface area (Å²) in [6, 6.07) is 6.30. The lowest BCUT2D eigenvalue weighted by atomic mass is 9.92. The monoisotopic (exact) mass is 337 g/mol. The number of fused-ring (bicyclic) bond motifs is 1. The fraction of sp³-hybridized carbons (Fsp3) is 0.286. The van der Waals surface area contributed by atoms with Gasteiger partial charge in [-0.05, 0) is 52.9 Å². The van der Waals surface area contributed by atoms with E-state index in [-0.39, 0.29) is 6.04 Å². The van der Waals surface area contributed by atoms with Crippen LogP contribution in [0.25, 0.3) is 0 Å². The van der Waals surface area contributed by atoms with Crippen LogP contribution in [0.1, 0.15) is 30.1 Å². The second-order valence-corrected chi connectivity index (χ2v) is 5.90. The molecule has 0 saturated carbocycles. The number of pyridine rings is 2. The van der Waals surface area contributed by atoms with E-state index in [1.807, 2.05) is 18.3 Å². The van der Waals surface area contributed by atoms with Crippen molar-refractivity contribution in [2.24, 2.45) is 0 Å². The van der Waals surface area contributed by atoms with E-state index in [0.29, 0.717) is 5.15 Å². The topological polar surface area (TPSA) is 37.8 Å². The van der Waals surface area contributed by atoms with Gasteiger partial charge in [-0.1, -0.05) is 17.7 Å². The highest BCUT2D eigenvalue weighted by atomic mass is 79.9. The number of nitrogens with zero attached hydrogens (tertiary/aromatic N) is 2. The Morgan fingerprint density at radius 1 is 1.37 bits per heavy atom. The van der Waals surface area contributed by atoms with E-state index >= 15 is 0 Å². The number of aryl methyl sites for hydroxylation is 1. The lowest BCUT2D eigenvalue weighted by molar-refractivity contribution is 0.583. The van der Waals surface area contributed by atoms with Gasteiger partial charge in [0.15, 0.2) is 5.15 Å². The number of rotatable bonds is 2. The molecule has 19 heavy (non-hydrogen) atoms. The molecule has 0 aromatic carbocycles. The van der Waals surface area contributed by atoms with Gasteiger partial charge in [-0.15, -0.1) is 0 Å². The van der Waals surface area contributed by atoms with Crippen LogP contribution in [0.4, 0.5) is 5.69 Å². The molecule has 2 aromatic heterocycles. The van der Waals surface area contributed by atoms with E-state index in [9.17, 15) is 0 Å². The molecule has 0 fully saturated rings. The van der Waals surface area contributed by atoms with Crippen molar-refractivity contribution in [3.05, 3.63) is 51.5 Å². The number of hydrogen-bond acceptors (Lipinski definition) is 3. The third-order valence-electron chi connectivity index (χ3n) is 3.33. The summed E-state index contributed by atoms with van der Waals surface area (Å²) in [5, 5.41) is 3.95. The Hall–Kier alpha value is -1.13. The van der Waals surface area contributed by atoms with Crippen molar-refractivity contribution in [3.63, 3.8) is 0 Å². The van der Waals surface area contributed by atoms with Gasteiger partial charge in [-0.25, -0.2) is 4.98 Å². The second-order valence-electron chi connectivity index (χ2n) is 4.63. The number of anilines is 1. The molecule has 1 unspecified atom stereocenters. The lowest BCUT2D eigenvalue weighted by Gasteiger charge is -2.26. The molecule has 0 aliphatic heterocycles. The summed E-state index contributed by atoms with van der Waals surface area (Å²) >= 11 is 9.54. The first-order valence-corrected chi connectivity index (χ1v) is 7.42. The van der Waals surface area contributed by atoms with E-state index in [0.717, 1.165) is 35.1 Å². The van der Waals surface area contributed by atoms with Crippen molar-refractivity contribution >= 4 is 33.2 Å². The zero-order valence-electron chi connectivity index (χ0n) is 10.2. The molecule has 0 bridgehead atoms. The van der Waals surface area contributed by atoms with Gasteiger partial charge in [0.2, 0.25) is 0 Å². The first-order chi connectivity index (χ1) is 9.24. The smallest absolute Gasteiger partial charge is 0.152 e. The summed E-state index contributed by atoms with van der Waals surface area (Å²) in [5.74, 6) is 0. The van der Waals surface area contributed by atoms with Gasteiger partial charge in [-0.3, -0.25) is 4.98 Å². The SMILES string of the molecule is Clc1ncc(Br)cc1NC1CCCc2cccnc21. The Morgan fingerprint density at radius 2 is 2.26 bits per heavy atom. The highest BCUT2D eigenvalue weighted by molar-refractivity contribution is 9.10. The lowest BCUT2D eigenvalue weighted by Crippen LogP contribution is -2.19. The molecule has 3 nitrogen and oxygen atoms in total. The van der Waals surface area contributed by atoms with Crippen LogP contribution in [0.3, 0.4) is 0 Å². The highest BCUT2D eigenvalue weighted by Gasteiger charge is 2.21. The molecule has 1 aliphatic carbocycles. The van der Waals surface area contributed by atoms with Crippen molar-refractivity contribution in [1.29, 1.82) is 0 Å². The summed E-state index contributed by atoms with van der Waals surface area (Å²) in [4.78, 5) is 8.65. The molecular weight excluding hydrogens is 326 g/mol. The van der Waals surface area contributed by atoms with Crippen molar-refractivity contribution in [3.8, 4) is 0 Å². The summed E-state index contributed by atoms with van der Waals surface area (Å²) in [6.45, 7) is 0. The largest absolute Gasteiger partial charge is 0.374 e. The first kappa shape index (κ1) is 12.9. The molecule has 0 amide bonds. The minimum Gasteiger partial charge on any atom is -0.374 e. The van der Waals surface area contributed by atoms with Crippen LogP contribution in [0.15, 0.2) is 35.1 Å². The van der Waals surface area contributed by atoms with E-state index < -0.39 is 0 Å². The van der Waals surface area contributed by atoms with Crippen LogP contribution in [0.2, 0.25) is 5.15 Å². The molecule has 0 saturated heterocycles. The fourth-order valence-corrected chi connectivity index (χ4v) is 2.95. The Morgan fingerprint density at radius 3 is 3.16 bits per heavy atom. The fourth-order valence-electron chi connectivity index (χ4n) is 2.46. The van der Waals surface area contributed by atoms with E-state index in [1.54, 1.807) is 6.20 Å². The van der Waals surface area contributed by atoms with E-state index in [1.165, 1.54) is 5.56 Å². The van der Waals surface area contributed by atoms with Gasteiger partial charge in [-0.2, -0.15) is 0 Å². The van der Waals surface area contributed by atoms with Crippen LogP contribution in [-0.4, -0.2) is 9.97 Å². The van der Waals surface area contributed by atoms with Gasteiger partial charge < -0.3 is 5.32 Å². The number of hydrogen-bond donors (Lipinski definition) is 1. The van der Waals surface area contributed by atoms with Gasteiger partial charge in [0, 0.05) is 16.9 Å². The maximum Gasteiger partial charge on any atom is 0.152 e. The quantitative estimate of drug-likeness (QED) is 0.826. The maximum atomic E-state index is 6.13. The van der Waals surface area contributed by atoms with Crippen molar-refractivity contribution in [2.75, 3.05) is 5.32 Å². The summed E-state index contributed by atoms with van der Waals surface area (Å²) in [5.41, 5.74) is 3.30. The molecule has 2 heterocycles. The van der Waals surface area contributed by atoms with E-state index in [4.69, 9.17) is 11.6 Å². The molecule has 0 spiro atoms. The predicted molar refractivity (Wildman–Crippen MR) is 80.5 cm³/mol. The summed E-state index contributed by atoms with van der Waals surface area (Å²) in [6.07, 6.45) is 6.87. The molecule has 2 aromatic rings. The van der Waals surface area contributed by atoms with Gasteiger partial charge in [0.05, 0.1) is 17.4 Å². The number of halogens is 2. The zero-order chi connectivity index (χ0) is 13.2. The van der Waals surface area contributed by atoms with E-state index in [2.05, 4.69) is 37.3 Å². The molecule has 1 N–H and O–H groups in total. The van der Waals surface area contributed by atoms with Crippen LogP contribution < -0.4 is 5.32 Å².